The third-order valence-corrected chi connectivity index (χ3v) is 4.73. The Bertz CT molecular complexity index is 1250. The number of halogens is 1. The van der Waals surface area contributed by atoms with E-state index in [-0.39, 0.29) is 11.6 Å². The molecule has 1 aromatic heterocycles. The zero-order valence-electron chi connectivity index (χ0n) is 16.3. The summed E-state index contributed by atoms with van der Waals surface area (Å²) in [5, 5.41) is 0. The summed E-state index contributed by atoms with van der Waals surface area (Å²) in [6.45, 7) is 0. The Balaban J connectivity index is 1.75. The molecule has 1 N–H and O–H groups in total. The molecule has 0 aliphatic carbocycles. The van der Waals surface area contributed by atoms with E-state index in [1.54, 1.807) is 49.8 Å². The molecule has 3 aromatic carbocycles. The fourth-order valence-corrected chi connectivity index (χ4v) is 3.19. The summed E-state index contributed by atoms with van der Waals surface area (Å²) >= 11 is 0. The van der Waals surface area contributed by atoms with E-state index in [9.17, 15) is 9.18 Å². The van der Waals surface area contributed by atoms with Gasteiger partial charge in [0.2, 0.25) is 0 Å². The van der Waals surface area contributed by atoms with Crippen LogP contribution >= 0.6 is 0 Å². The number of hydrogen-bond acceptors (Lipinski definition) is 2. The Morgan fingerprint density at radius 3 is 2.40 bits per heavy atom. The summed E-state index contributed by atoms with van der Waals surface area (Å²) in [5.74, 6) is 6.27. The molecule has 30 heavy (non-hydrogen) atoms. The summed E-state index contributed by atoms with van der Waals surface area (Å²) in [5.41, 5.74) is 3.75. The molecular formula is C26H18FNO2. The van der Waals surface area contributed by atoms with Crippen LogP contribution in [0.25, 0.3) is 11.1 Å². The molecule has 4 heteroatoms. The number of rotatable bonds is 4. The molecule has 1 heterocycles. The molecule has 0 saturated heterocycles. The van der Waals surface area contributed by atoms with Crippen LogP contribution < -0.4 is 4.74 Å². The van der Waals surface area contributed by atoms with Gasteiger partial charge in [-0.25, -0.2) is 4.39 Å². The Morgan fingerprint density at radius 1 is 0.900 bits per heavy atom. The Hall–Kier alpha value is -4.10. The summed E-state index contributed by atoms with van der Waals surface area (Å²) < 4.78 is 19.1. The third-order valence-electron chi connectivity index (χ3n) is 4.73. The normalized spacial score (nSPS) is 10.2. The molecule has 0 unspecified atom stereocenters. The highest BCUT2D eigenvalue weighted by Gasteiger charge is 2.18. The second-order valence-electron chi connectivity index (χ2n) is 6.65. The van der Waals surface area contributed by atoms with E-state index in [2.05, 4.69) is 16.8 Å². The van der Waals surface area contributed by atoms with Crippen molar-refractivity contribution >= 4 is 5.78 Å². The maximum atomic E-state index is 14.0. The molecule has 4 aromatic rings. The molecule has 3 nitrogen and oxygen atoms in total. The van der Waals surface area contributed by atoms with Crippen LogP contribution in [0.2, 0.25) is 0 Å². The predicted molar refractivity (Wildman–Crippen MR) is 115 cm³/mol. The molecule has 0 fully saturated rings. The van der Waals surface area contributed by atoms with Crippen molar-refractivity contribution < 1.29 is 13.9 Å². The smallest absolute Gasteiger partial charge is 0.195 e. The number of aromatic nitrogens is 1. The lowest BCUT2D eigenvalue weighted by molar-refractivity contribution is 0.103. The monoisotopic (exact) mass is 395 g/mol. The van der Waals surface area contributed by atoms with Crippen molar-refractivity contribution in [1.29, 1.82) is 0 Å². The second-order valence-corrected chi connectivity index (χ2v) is 6.65. The van der Waals surface area contributed by atoms with Crippen LogP contribution in [0.5, 0.6) is 5.75 Å². The number of hydrogen-bond donors (Lipinski definition) is 1. The van der Waals surface area contributed by atoms with Gasteiger partial charge in [0.1, 0.15) is 11.6 Å². The molecular weight excluding hydrogens is 377 g/mol. The van der Waals surface area contributed by atoms with Crippen molar-refractivity contribution in [3.63, 3.8) is 0 Å². The average Bonchev–Trinajstić information content (AvgIpc) is 3.27. The number of H-pyrrole nitrogens is 1. The summed E-state index contributed by atoms with van der Waals surface area (Å²) in [4.78, 5) is 16.1. The maximum Gasteiger partial charge on any atom is 0.195 e. The number of carbonyl (C=O) groups is 1. The van der Waals surface area contributed by atoms with Gasteiger partial charge in [-0.2, -0.15) is 0 Å². The highest BCUT2D eigenvalue weighted by molar-refractivity contribution is 6.13. The van der Waals surface area contributed by atoms with Crippen molar-refractivity contribution in [2.75, 3.05) is 7.11 Å². The summed E-state index contributed by atoms with van der Waals surface area (Å²) in [6, 6.07) is 20.8. The van der Waals surface area contributed by atoms with E-state index in [1.165, 1.54) is 12.1 Å². The number of nitrogens with one attached hydrogen (secondary N) is 1. The van der Waals surface area contributed by atoms with E-state index in [0.717, 1.165) is 5.56 Å². The van der Waals surface area contributed by atoms with Crippen molar-refractivity contribution in [3.05, 3.63) is 113 Å². The van der Waals surface area contributed by atoms with Gasteiger partial charge in [-0.3, -0.25) is 4.79 Å². The van der Waals surface area contributed by atoms with Crippen LogP contribution in [-0.4, -0.2) is 17.9 Å². The first-order chi connectivity index (χ1) is 14.7. The molecule has 0 spiro atoms. The first-order valence-electron chi connectivity index (χ1n) is 9.38. The predicted octanol–water partition coefficient (Wildman–Crippen LogP) is 5.46. The van der Waals surface area contributed by atoms with Crippen LogP contribution in [0, 0.1) is 17.7 Å². The number of ketones is 1. The van der Waals surface area contributed by atoms with Crippen LogP contribution in [0.3, 0.4) is 0 Å². The van der Waals surface area contributed by atoms with Gasteiger partial charge in [0.15, 0.2) is 5.78 Å². The first kappa shape index (κ1) is 19.2. The number of methoxy groups -OCH3 is 1. The number of carbonyl (C=O) groups excluding carboxylic acids is 1. The van der Waals surface area contributed by atoms with E-state index in [4.69, 9.17) is 4.74 Å². The molecule has 0 amide bonds. The number of ether oxygens (including phenoxy) is 1. The fraction of sp³-hybridized carbons (Fsp3) is 0.0385. The van der Waals surface area contributed by atoms with Gasteiger partial charge >= 0.3 is 0 Å². The van der Waals surface area contributed by atoms with E-state index < -0.39 is 0 Å². The largest absolute Gasteiger partial charge is 0.497 e. The zero-order chi connectivity index (χ0) is 20.9. The minimum absolute atomic E-state index is 0.139. The molecule has 146 valence electrons. The quantitative estimate of drug-likeness (QED) is 0.368. The lowest BCUT2D eigenvalue weighted by Crippen LogP contribution is -2.02. The highest BCUT2D eigenvalue weighted by atomic mass is 19.1. The average molecular weight is 395 g/mol. The summed E-state index contributed by atoms with van der Waals surface area (Å²) in [7, 11) is 1.58. The lowest BCUT2D eigenvalue weighted by atomic mass is 9.94. The number of benzene rings is 3. The van der Waals surface area contributed by atoms with Gasteiger partial charge in [0, 0.05) is 40.2 Å². The lowest BCUT2D eigenvalue weighted by Gasteiger charge is -2.07. The zero-order valence-corrected chi connectivity index (χ0v) is 16.3. The Morgan fingerprint density at radius 2 is 1.67 bits per heavy atom. The first-order valence-corrected chi connectivity index (χ1v) is 9.38. The molecule has 0 saturated carbocycles. The molecule has 4 rings (SSSR count). The molecule has 0 atom stereocenters. The third kappa shape index (κ3) is 4.01. The van der Waals surface area contributed by atoms with E-state index >= 15 is 0 Å². The van der Waals surface area contributed by atoms with E-state index in [1.807, 2.05) is 30.3 Å². The Kier molecular flexibility index (Phi) is 5.45. The molecule has 0 aliphatic rings. The van der Waals surface area contributed by atoms with Gasteiger partial charge in [-0.05, 0) is 54.1 Å². The minimum atomic E-state index is -0.380. The molecule has 0 aliphatic heterocycles. The topological polar surface area (TPSA) is 42.1 Å². The van der Waals surface area contributed by atoms with Gasteiger partial charge < -0.3 is 9.72 Å². The van der Waals surface area contributed by atoms with E-state index in [0.29, 0.717) is 33.6 Å². The minimum Gasteiger partial charge on any atom is -0.497 e. The fourth-order valence-electron chi connectivity index (χ4n) is 3.19. The van der Waals surface area contributed by atoms with Crippen molar-refractivity contribution in [3.8, 4) is 28.7 Å². The van der Waals surface area contributed by atoms with Crippen molar-refractivity contribution in [2.45, 2.75) is 0 Å². The molecule has 0 radical (unpaired) electrons. The second kappa shape index (κ2) is 8.50. The van der Waals surface area contributed by atoms with Crippen LogP contribution in [0.4, 0.5) is 4.39 Å². The standard InChI is InChI=1S/C26H18FNO2/c1-30-22-12-9-19(10-13-22)26(29)25-17-28-16-24(25)23-14-11-21(27)15-20(23)8-7-18-5-3-2-4-6-18/h2-6,9-17,28H,1H3. The Labute approximate surface area is 174 Å². The maximum absolute atomic E-state index is 14.0. The van der Waals surface area contributed by atoms with Crippen molar-refractivity contribution in [1.82, 2.24) is 4.98 Å². The SMILES string of the molecule is COc1ccc(C(=O)c2c[nH]cc2-c2ccc(F)cc2C#Cc2ccccc2)cc1. The van der Waals surface area contributed by atoms with Crippen LogP contribution in [0.15, 0.2) is 85.2 Å². The highest BCUT2D eigenvalue weighted by Crippen LogP contribution is 2.29. The molecule has 0 bridgehead atoms. The van der Waals surface area contributed by atoms with Crippen LogP contribution in [0.1, 0.15) is 27.0 Å². The van der Waals surface area contributed by atoms with Gasteiger partial charge in [-0.1, -0.05) is 36.1 Å². The summed E-state index contributed by atoms with van der Waals surface area (Å²) in [6.07, 6.45) is 3.39. The van der Waals surface area contributed by atoms with Crippen molar-refractivity contribution in [2.24, 2.45) is 0 Å². The number of aromatic amines is 1. The van der Waals surface area contributed by atoms with Gasteiger partial charge in [0.05, 0.1) is 7.11 Å². The van der Waals surface area contributed by atoms with Crippen LogP contribution in [-0.2, 0) is 0 Å². The van der Waals surface area contributed by atoms with Gasteiger partial charge in [-0.15, -0.1) is 0 Å². The van der Waals surface area contributed by atoms with Gasteiger partial charge in [0.25, 0.3) is 0 Å².